The second-order valence-corrected chi connectivity index (χ2v) is 17.9. The van der Waals surface area contributed by atoms with E-state index in [1.54, 1.807) is 29.0 Å². The van der Waals surface area contributed by atoms with Crippen molar-refractivity contribution in [1.82, 2.24) is 10.2 Å². The molecule has 0 aromatic heterocycles. The molecule has 3 N–H and O–H groups in total. The molecule has 0 saturated carbocycles. The van der Waals surface area contributed by atoms with Crippen LogP contribution >= 0.6 is 0 Å². The summed E-state index contributed by atoms with van der Waals surface area (Å²) >= 11 is 0. The van der Waals surface area contributed by atoms with E-state index in [1.165, 1.54) is 0 Å². The van der Waals surface area contributed by atoms with Crippen LogP contribution in [0.1, 0.15) is 42.9 Å². The third kappa shape index (κ3) is 7.08. The van der Waals surface area contributed by atoms with Crippen LogP contribution in [0.2, 0.25) is 18.6 Å². The van der Waals surface area contributed by atoms with E-state index in [9.17, 15) is 19.5 Å². The number of rotatable bonds is 11. The minimum Gasteiger partial charge on any atom is -0.395 e. The Morgan fingerprint density at radius 2 is 1.78 bits per heavy atom. The van der Waals surface area contributed by atoms with Gasteiger partial charge in [0.15, 0.2) is 5.60 Å². The molecule has 3 aliphatic heterocycles. The molecule has 1 unspecified atom stereocenters. The first-order chi connectivity index (χ1) is 23.5. The number of aliphatic hydroxyl groups is 1. The number of anilines is 2. The summed E-state index contributed by atoms with van der Waals surface area (Å²) in [5.41, 5.74) is 1.38. The lowest BCUT2D eigenvalue weighted by Gasteiger charge is -2.31. The highest BCUT2D eigenvalue weighted by molar-refractivity contribution is 6.72. The molecule has 11 heteroatoms. The molecule has 260 valence electrons. The Hall–Kier alpha value is -3.90. The van der Waals surface area contributed by atoms with Gasteiger partial charge in [0.25, 0.3) is 5.91 Å². The normalized spacial score (nSPS) is 25.0. The Kier molecular flexibility index (Phi) is 10.4. The first kappa shape index (κ1) is 34.9. The lowest BCUT2D eigenvalue weighted by atomic mass is 9.82. The van der Waals surface area contributed by atoms with Crippen molar-refractivity contribution in [2.45, 2.75) is 69.6 Å². The number of piperidine rings is 1. The van der Waals surface area contributed by atoms with Crippen LogP contribution in [0.4, 0.5) is 15.5 Å². The van der Waals surface area contributed by atoms with Crippen LogP contribution in [0.5, 0.6) is 0 Å². The summed E-state index contributed by atoms with van der Waals surface area (Å²) in [6.07, 6.45) is 0.718. The van der Waals surface area contributed by atoms with E-state index < -0.39 is 31.6 Å². The number of benzene rings is 3. The smallest absolute Gasteiger partial charge is 0.264 e. The van der Waals surface area contributed by atoms with Crippen molar-refractivity contribution in [2.24, 2.45) is 11.8 Å². The standard InChI is InChI=1S/C38H47FN4O5Si/c1-26-35(49(2,3)39)33(22-34(45)42(19-20-44)24-27-11-6-4-7-12-27)48-38(26)31-21-30(41-36(46)29-15-10-18-40-23-29)16-17-32(31)43(37(38)47)25-28-13-8-5-9-14-28/h4-9,11-14,16-17,21,26,29,33,35,40,44H,10,15,18-20,22-25H2,1-3H3,(H,41,46)/t26-,29?,33+,35-,38+/m0/s1. The molecule has 6 rings (SSSR count). The monoisotopic (exact) mass is 686 g/mol. The average Bonchev–Trinajstić information content (AvgIpc) is 3.51. The predicted octanol–water partition coefficient (Wildman–Crippen LogP) is 5.36. The van der Waals surface area contributed by atoms with Crippen molar-refractivity contribution < 1.29 is 28.3 Å². The molecule has 1 spiro atoms. The number of hydrogen-bond donors (Lipinski definition) is 3. The SMILES string of the molecule is C[C@H]1[C@H]([Si](C)(C)F)[C@@H](CC(=O)N(CCO)Cc2ccccc2)O[C@]12C(=O)N(Cc1ccccc1)c1ccc(NC(=O)C3CCCNC3)cc12. The van der Waals surface area contributed by atoms with Crippen molar-refractivity contribution in [1.29, 1.82) is 0 Å². The van der Waals surface area contributed by atoms with E-state index in [2.05, 4.69) is 10.6 Å². The number of aliphatic hydroxyl groups excluding tert-OH is 1. The second-order valence-electron chi connectivity index (χ2n) is 14.1. The number of fused-ring (bicyclic) bond motifs is 2. The quantitative estimate of drug-likeness (QED) is 0.185. The van der Waals surface area contributed by atoms with Gasteiger partial charge in [0.2, 0.25) is 20.2 Å². The summed E-state index contributed by atoms with van der Waals surface area (Å²) in [5.74, 6) is -1.42. The van der Waals surface area contributed by atoms with Crippen molar-refractivity contribution in [3.05, 3.63) is 95.6 Å². The fraction of sp³-hybridized carbons (Fsp3) is 0.447. The van der Waals surface area contributed by atoms with Gasteiger partial charge in [0.05, 0.1) is 37.3 Å². The average molecular weight is 687 g/mol. The van der Waals surface area contributed by atoms with Crippen molar-refractivity contribution in [3.8, 4) is 0 Å². The molecule has 2 fully saturated rings. The number of halogens is 1. The van der Waals surface area contributed by atoms with Crippen LogP contribution in [0, 0.1) is 11.8 Å². The van der Waals surface area contributed by atoms with Gasteiger partial charge in [-0.15, -0.1) is 0 Å². The van der Waals surface area contributed by atoms with Gasteiger partial charge in [-0.1, -0.05) is 67.6 Å². The van der Waals surface area contributed by atoms with Crippen LogP contribution in [0.3, 0.4) is 0 Å². The largest absolute Gasteiger partial charge is 0.395 e. The molecule has 5 atom stereocenters. The maximum atomic E-state index is 16.5. The number of ether oxygens (including phenoxy) is 1. The molecule has 3 aromatic rings. The molecule has 3 aliphatic rings. The van der Waals surface area contributed by atoms with Crippen LogP contribution in [0.25, 0.3) is 0 Å². The van der Waals surface area contributed by atoms with Gasteiger partial charge in [0, 0.05) is 42.3 Å². The minimum atomic E-state index is -3.54. The second kappa shape index (κ2) is 14.5. The number of carbonyl (C=O) groups is 3. The van der Waals surface area contributed by atoms with Crippen LogP contribution < -0.4 is 15.5 Å². The van der Waals surface area contributed by atoms with Crippen LogP contribution in [-0.2, 0) is 37.8 Å². The zero-order valence-electron chi connectivity index (χ0n) is 28.5. The summed E-state index contributed by atoms with van der Waals surface area (Å²) in [4.78, 5) is 45.3. The molecule has 0 bridgehead atoms. The number of nitrogens with one attached hydrogen (secondary N) is 2. The van der Waals surface area contributed by atoms with Crippen molar-refractivity contribution in [3.63, 3.8) is 0 Å². The topological polar surface area (TPSA) is 111 Å². The number of carbonyl (C=O) groups excluding carboxylic acids is 3. The summed E-state index contributed by atoms with van der Waals surface area (Å²) in [6, 6.07) is 24.6. The highest BCUT2D eigenvalue weighted by Gasteiger charge is 2.67. The number of amides is 3. The molecule has 49 heavy (non-hydrogen) atoms. The first-order valence-corrected chi connectivity index (χ1v) is 20.3. The number of hydrogen-bond acceptors (Lipinski definition) is 6. The third-order valence-electron chi connectivity index (χ3n) is 10.4. The lowest BCUT2D eigenvalue weighted by molar-refractivity contribution is -0.150. The molecule has 0 radical (unpaired) electrons. The molecular formula is C38H47FN4O5Si. The van der Waals surface area contributed by atoms with Gasteiger partial charge < -0.3 is 34.4 Å². The Morgan fingerprint density at radius 1 is 1.08 bits per heavy atom. The van der Waals surface area contributed by atoms with Gasteiger partial charge in [-0.25, -0.2) is 0 Å². The van der Waals surface area contributed by atoms with Crippen LogP contribution in [0.15, 0.2) is 78.9 Å². The third-order valence-corrected chi connectivity index (χ3v) is 12.9. The Balaban J connectivity index is 1.36. The maximum absolute atomic E-state index is 16.5. The van der Waals surface area contributed by atoms with E-state index in [0.717, 1.165) is 30.5 Å². The van der Waals surface area contributed by atoms with E-state index in [1.807, 2.05) is 79.7 Å². The highest BCUT2D eigenvalue weighted by atomic mass is 28.4. The summed E-state index contributed by atoms with van der Waals surface area (Å²) in [6.45, 7) is 7.07. The maximum Gasteiger partial charge on any atom is 0.264 e. The number of nitrogens with zero attached hydrogens (tertiary/aromatic N) is 2. The summed E-state index contributed by atoms with van der Waals surface area (Å²) in [5, 5.41) is 16.2. The van der Waals surface area contributed by atoms with Crippen molar-refractivity contribution >= 4 is 37.5 Å². The molecule has 2 saturated heterocycles. The first-order valence-electron chi connectivity index (χ1n) is 17.3. The zero-order chi connectivity index (χ0) is 34.8. The van der Waals surface area contributed by atoms with E-state index in [-0.39, 0.29) is 49.8 Å². The molecule has 9 nitrogen and oxygen atoms in total. The summed E-state index contributed by atoms with van der Waals surface area (Å²) in [7, 11) is -3.54. The Labute approximate surface area is 289 Å². The predicted molar refractivity (Wildman–Crippen MR) is 190 cm³/mol. The highest BCUT2D eigenvalue weighted by Crippen LogP contribution is 2.60. The Bertz CT molecular complexity index is 1650. The van der Waals surface area contributed by atoms with Gasteiger partial charge in [-0.05, 0) is 61.8 Å². The molecule has 3 amide bonds. The fourth-order valence-corrected chi connectivity index (χ4v) is 10.6. The van der Waals surface area contributed by atoms with Crippen LogP contribution in [-0.4, -0.2) is 68.5 Å². The molecule has 0 aliphatic carbocycles. The van der Waals surface area contributed by atoms with Crippen molar-refractivity contribution in [2.75, 3.05) is 36.5 Å². The van der Waals surface area contributed by atoms with Gasteiger partial charge in [-0.3, -0.25) is 14.4 Å². The van der Waals surface area contributed by atoms with E-state index in [4.69, 9.17) is 4.74 Å². The van der Waals surface area contributed by atoms with E-state index >= 15 is 4.11 Å². The van der Waals surface area contributed by atoms with E-state index in [0.29, 0.717) is 30.0 Å². The molecular weight excluding hydrogens is 640 g/mol. The molecule has 3 aromatic carbocycles. The van der Waals surface area contributed by atoms with Gasteiger partial charge in [-0.2, -0.15) is 0 Å². The van der Waals surface area contributed by atoms with Gasteiger partial charge in [0.1, 0.15) is 0 Å². The lowest BCUT2D eigenvalue weighted by Crippen LogP contribution is -2.45. The summed E-state index contributed by atoms with van der Waals surface area (Å²) < 4.78 is 23.4. The fourth-order valence-electron chi connectivity index (χ4n) is 8.09. The van der Waals surface area contributed by atoms with Gasteiger partial charge >= 0.3 is 0 Å². The Morgan fingerprint density at radius 3 is 2.41 bits per heavy atom. The zero-order valence-corrected chi connectivity index (χ0v) is 29.5. The minimum absolute atomic E-state index is 0.0897. The molecule has 3 heterocycles.